The van der Waals surface area contributed by atoms with Gasteiger partial charge in [-0.25, -0.2) is 0 Å². The van der Waals surface area contributed by atoms with Gasteiger partial charge in [-0.05, 0) is 25.7 Å². The summed E-state index contributed by atoms with van der Waals surface area (Å²) in [6.07, 6.45) is 36.1. The molecule has 0 unspecified atom stereocenters. The predicted molar refractivity (Wildman–Crippen MR) is 149 cm³/mol. The summed E-state index contributed by atoms with van der Waals surface area (Å²) in [7, 11) is 0. The van der Waals surface area contributed by atoms with Gasteiger partial charge in [-0.1, -0.05) is 166 Å². The number of unbranched alkanes of at least 4 members (excludes halogenated alkanes) is 24. The second-order valence-electron chi connectivity index (χ2n) is 10.3. The Morgan fingerprint density at radius 2 is 0.500 bits per heavy atom. The fraction of sp³-hybridized carbons (Fsp3) is 1.00. The van der Waals surface area contributed by atoms with Crippen molar-refractivity contribution in [2.75, 3.05) is 11.5 Å². The van der Waals surface area contributed by atoms with E-state index in [4.69, 9.17) is 0 Å². The zero-order chi connectivity index (χ0) is 23.4. The molecule has 0 aromatic rings. The van der Waals surface area contributed by atoms with Crippen LogP contribution in [0.15, 0.2) is 0 Å². The third-order valence-corrected chi connectivity index (χ3v) is 8.44. The number of hydrogen-bond acceptors (Lipinski definition) is 1. The van der Waals surface area contributed by atoms with Crippen molar-refractivity contribution in [3.63, 3.8) is 0 Å². The summed E-state index contributed by atoms with van der Waals surface area (Å²) in [6.45, 7) is 4.58. The van der Waals surface area contributed by atoms with Gasteiger partial charge in [-0.3, -0.25) is 0 Å². The van der Waals surface area contributed by atoms with Crippen molar-refractivity contribution in [1.82, 2.24) is 0 Å². The molecule has 0 saturated heterocycles. The lowest BCUT2D eigenvalue weighted by molar-refractivity contribution is 0.538. The highest BCUT2D eigenvalue weighted by atomic mass is 32.2. The first kappa shape index (κ1) is 32.3. The molecule has 0 saturated carbocycles. The Kier molecular flexibility index (Phi) is 29.6. The van der Waals surface area contributed by atoms with Crippen LogP contribution in [0.1, 0.15) is 181 Å². The zero-order valence-electron chi connectivity index (χ0n) is 22.6. The van der Waals surface area contributed by atoms with E-state index in [0.717, 1.165) is 11.5 Å². The summed E-state index contributed by atoms with van der Waals surface area (Å²) in [5.74, 6) is 1.91. The van der Waals surface area contributed by atoms with Crippen LogP contribution in [0.2, 0.25) is 0 Å². The molecule has 0 aromatic heterocycles. The quantitative estimate of drug-likeness (QED) is 0.0823. The van der Waals surface area contributed by atoms with E-state index in [-0.39, 0.29) is 0 Å². The lowest BCUT2D eigenvalue weighted by Gasteiger charge is -2.11. The van der Waals surface area contributed by atoms with Crippen molar-refractivity contribution in [3.8, 4) is 0 Å². The maximum atomic E-state index is 12.2. The molecule has 0 N–H and O–H groups in total. The lowest BCUT2D eigenvalue weighted by Crippen LogP contribution is -2.11. The van der Waals surface area contributed by atoms with Crippen LogP contribution in [0.4, 0.5) is 0 Å². The van der Waals surface area contributed by atoms with Gasteiger partial charge in [0.1, 0.15) is 11.5 Å². The molecule has 0 amide bonds. The van der Waals surface area contributed by atoms with E-state index in [2.05, 4.69) is 13.8 Å². The molecule has 0 radical (unpaired) electrons. The first-order chi connectivity index (χ1) is 15.8. The smallest absolute Gasteiger partial charge is 0.105 e. The molecule has 0 fully saturated rings. The zero-order valence-corrected chi connectivity index (χ0v) is 23.4. The van der Waals surface area contributed by atoms with Crippen LogP contribution in [0.5, 0.6) is 0 Å². The van der Waals surface area contributed by atoms with Gasteiger partial charge in [0.15, 0.2) is 0 Å². The molecule has 0 aliphatic heterocycles. The Hall–Kier alpha value is 0.310. The molecule has 194 valence electrons. The minimum Gasteiger partial charge on any atom is -0.616 e. The van der Waals surface area contributed by atoms with Gasteiger partial charge in [-0.2, -0.15) is 0 Å². The minimum absolute atomic E-state index is 0.551. The van der Waals surface area contributed by atoms with Crippen LogP contribution in [-0.4, -0.2) is 16.1 Å². The molecule has 0 bridgehead atoms. The minimum atomic E-state index is -0.551. The largest absolute Gasteiger partial charge is 0.616 e. The fourth-order valence-corrected chi connectivity index (χ4v) is 5.92. The van der Waals surface area contributed by atoms with Crippen LogP contribution in [0.25, 0.3) is 0 Å². The average molecular weight is 471 g/mol. The molecule has 0 aromatic carbocycles. The van der Waals surface area contributed by atoms with Crippen molar-refractivity contribution >= 4 is 11.2 Å². The average Bonchev–Trinajstić information content (AvgIpc) is 2.80. The van der Waals surface area contributed by atoms with Gasteiger partial charge < -0.3 is 4.55 Å². The summed E-state index contributed by atoms with van der Waals surface area (Å²) < 4.78 is 12.2. The highest BCUT2D eigenvalue weighted by molar-refractivity contribution is 7.91. The van der Waals surface area contributed by atoms with Crippen LogP contribution in [0.3, 0.4) is 0 Å². The van der Waals surface area contributed by atoms with E-state index >= 15 is 0 Å². The molecule has 0 rings (SSSR count). The molecule has 0 aliphatic rings. The van der Waals surface area contributed by atoms with Crippen LogP contribution >= 0.6 is 0 Å². The Morgan fingerprint density at radius 3 is 0.719 bits per heavy atom. The predicted octanol–water partition coefficient (Wildman–Crippen LogP) is 10.9. The molecular formula is C30H62OS. The number of hydrogen-bond donors (Lipinski definition) is 0. The lowest BCUT2D eigenvalue weighted by atomic mass is 10.0. The molecule has 1 nitrogen and oxygen atoms in total. The number of rotatable bonds is 28. The Bertz CT molecular complexity index is 290. The van der Waals surface area contributed by atoms with E-state index in [1.165, 1.54) is 167 Å². The highest BCUT2D eigenvalue weighted by Crippen LogP contribution is 2.14. The van der Waals surface area contributed by atoms with Crippen molar-refractivity contribution in [1.29, 1.82) is 0 Å². The van der Waals surface area contributed by atoms with Gasteiger partial charge in [-0.15, -0.1) is 0 Å². The van der Waals surface area contributed by atoms with Crippen LogP contribution in [0, 0.1) is 0 Å². The van der Waals surface area contributed by atoms with Gasteiger partial charge in [0, 0.05) is 0 Å². The van der Waals surface area contributed by atoms with E-state index in [1.807, 2.05) is 0 Å². The topological polar surface area (TPSA) is 23.1 Å². The molecule has 0 aliphatic carbocycles. The van der Waals surface area contributed by atoms with E-state index in [9.17, 15) is 4.55 Å². The molecule has 32 heavy (non-hydrogen) atoms. The fourth-order valence-electron chi connectivity index (χ4n) is 4.66. The SMILES string of the molecule is CCCCCCCCCCCCCCC[S+]([O-])CCCCCCCCCCCCCCC. The first-order valence-electron chi connectivity index (χ1n) is 15.2. The van der Waals surface area contributed by atoms with Gasteiger partial charge in [0.25, 0.3) is 0 Å². The van der Waals surface area contributed by atoms with E-state index in [0.29, 0.717) is 0 Å². The monoisotopic (exact) mass is 470 g/mol. The van der Waals surface area contributed by atoms with Crippen LogP contribution < -0.4 is 0 Å². The van der Waals surface area contributed by atoms with Crippen LogP contribution in [-0.2, 0) is 11.2 Å². The Labute approximate surface area is 207 Å². The van der Waals surface area contributed by atoms with Crippen molar-refractivity contribution in [3.05, 3.63) is 0 Å². The Balaban J connectivity index is 3.13. The first-order valence-corrected chi connectivity index (χ1v) is 16.6. The third-order valence-electron chi connectivity index (χ3n) is 6.95. The van der Waals surface area contributed by atoms with Gasteiger partial charge in [0.2, 0.25) is 0 Å². The van der Waals surface area contributed by atoms with E-state index < -0.39 is 11.2 Å². The van der Waals surface area contributed by atoms with Crippen molar-refractivity contribution in [2.45, 2.75) is 181 Å². The summed E-state index contributed by atoms with van der Waals surface area (Å²) in [4.78, 5) is 0. The summed E-state index contributed by atoms with van der Waals surface area (Å²) in [5.41, 5.74) is 0. The van der Waals surface area contributed by atoms with Gasteiger partial charge >= 0.3 is 0 Å². The van der Waals surface area contributed by atoms with Crippen molar-refractivity contribution < 1.29 is 4.55 Å². The maximum absolute atomic E-state index is 12.2. The second kappa shape index (κ2) is 29.3. The molecule has 0 atom stereocenters. The van der Waals surface area contributed by atoms with E-state index in [1.54, 1.807) is 0 Å². The second-order valence-corrected chi connectivity index (χ2v) is 12.0. The third kappa shape index (κ3) is 28.3. The molecular weight excluding hydrogens is 408 g/mol. The molecule has 2 heteroatoms. The normalized spacial score (nSPS) is 11.6. The standard InChI is InChI=1S/C30H62OS/c1-3-5-7-9-11-13-15-17-19-21-23-25-27-29-32(31)30-28-26-24-22-20-18-16-14-12-10-8-6-4-2/h3-30H2,1-2H3. The van der Waals surface area contributed by atoms with Crippen molar-refractivity contribution in [2.24, 2.45) is 0 Å². The van der Waals surface area contributed by atoms with Gasteiger partial charge in [0.05, 0.1) is 0 Å². The Morgan fingerprint density at radius 1 is 0.312 bits per heavy atom. The molecule has 0 heterocycles. The molecule has 0 spiro atoms. The highest BCUT2D eigenvalue weighted by Gasteiger charge is 2.05. The summed E-state index contributed by atoms with van der Waals surface area (Å²) in [5, 5.41) is 0. The summed E-state index contributed by atoms with van der Waals surface area (Å²) in [6, 6.07) is 0. The maximum Gasteiger partial charge on any atom is 0.105 e. The summed E-state index contributed by atoms with van der Waals surface area (Å²) >= 11 is -0.551.